The summed E-state index contributed by atoms with van der Waals surface area (Å²) in [5.41, 5.74) is 0.777. The zero-order chi connectivity index (χ0) is 13.9. The van der Waals surface area contributed by atoms with E-state index in [1.54, 1.807) is 23.6 Å². The summed E-state index contributed by atoms with van der Waals surface area (Å²) in [4.78, 5) is 11.7. The van der Waals surface area contributed by atoms with Crippen LogP contribution in [0.4, 0.5) is 0 Å². The summed E-state index contributed by atoms with van der Waals surface area (Å²) in [6.45, 7) is 0. The summed E-state index contributed by atoms with van der Waals surface area (Å²) in [5, 5.41) is 1.65. The molecule has 0 unspecified atom stereocenters. The number of carbonyl (C=O) groups is 1. The molecule has 0 saturated heterocycles. The largest absolute Gasteiger partial charge is 0.274 e. The maximum Gasteiger partial charge on any atom is 0.273 e. The summed E-state index contributed by atoms with van der Waals surface area (Å²) in [7, 11) is -3.73. The number of halogens is 1. The van der Waals surface area contributed by atoms with Gasteiger partial charge in [-0.2, -0.15) is 0 Å². The molecule has 0 saturated carbocycles. The van der Waals surface area contributed by atoms with Gasteiger partial charge in [-0.1, -0.05) is 18.2 Å². The Morgan fingerprint density at radius 1 is 1.21 bits per heavy atom. The van der Waals surface area contributed by atoms with E-state index in [1.165, 1.54) is 6.07 Å². The molecule has 0 atom stereocenters. The molecule has 0 bridgehead atoms. The number of benzene rings is 1. The molecule has 1 N–H and O–H groups in total. The highest BCUT2D eigenvalue weighted by molar-refractivity contribution is 14.1. The van der Waals surface area contributed by atoms with Gasteiger partial charge in [0.05, 0.1) is 6.42 Å². The van der Waals surface area contributed by atoms with Crippen molar-refractivity contribution in [2.45, 2.75) is 10.6 Å². The number of hydrogen-bond acceptors (Lipinski definition) is 4. The summed E-state index contributed by atoms with van der Waals surface area (Å²) in [6, 6.07) is 10.4. The molecule has 0 aliphatic heterocycles. The average Bonchev–Trinajstić information content (AvgIpc) is 2.85. The normalized spacial score (nSPS) is 11.2. The fourth-order valence-corrected chi connectivity index (χ4v) is 3.78. The lowest BCUT2D eigenvalue weighted by molar-refractivity contribution is -0.118. The van der Waals surface area contributed by atoms with Crippen molar-refractivity contribution < 1.29 is 13.2 Å². The van der Waals surface area contributed by atoms with Gasteiger partial charge in [-0.25, -0.2) is 13.1 Å². The first-order chi connectivity index (χ1) is 8.97. The van der Waals surface area contributed by atoms with Crippen LogP contribution in [0.25, 0.3) is 0 Å². The Morgan fingerprint density at radius 3 is 2.47 bits per heavy atom. The van der Waals surface area contributed by atoms with Crippen LogP contribution in [0, 0.1) is 3.57 Å². The summed E-state index contributed by atoms with van der Waals surface area (Å²) in [5.74, 6) is -0.533. The predicted molar refractivity (Wildman–Crippen MR) is 82.5 cm³/mol. The van der Waals surface area contributed by atoms with E-state index in [0.717, 1.165) is 20.5 Å². The second-order valence-electron chi connectivity index (χ2n) is 3.76. The average molecular weight is 407 g/mol. The van der Waals surface area contributed by atoms with Crippen molar-refractivity contribution in [3.05, 3.63) is 50.9 Å². The van der Waals surface area contributed by atoms with Gasteiger partial charge in [0.2, 0.25) is 5.91 Å². The number of thiophene rings is 1. The Bertz CT molecular complexity index is 664. The third kappa shape index (κ3) is 4.02. The molecule has 0 fully saturated rings. The first-order valence-corrected chi connectivity index (χ1v) is 8.75. The highest BCUT2D eigenvalue weighted by Crippen LogP contribution is 2.15. The van der Waals surface area contributed by atoms with E-state index in [9.17, 15) is 13.2 Å². The molecule has 0 spiro atoms. The maximum absolute atomic E-state index is 11.8. The standard InChI is InChI=1S/C12H10INO3S2/c13-10-5-3-9(4-6-10)8-11(15)14-19(16,17)12-2-1-7-18-12/h1-7H,8H2,(H,14,15). The van der Waals surface area contributed by atoms with E-state index in [-0.39, 0.29) is 10.6 Å². The quantitative estimate of drug-likeness (QED) is 0.792. The lowest BCUT2D eigenvalue weighted by Gasteiger charge is -2.05. The minimum absolute atomic E-state index is 0.0432. The first kappa shape index (κ1) is 14.5. The zero-order valence-electron chi connectivity index (χ0n) is 9.67. The van der Waals surface area contributed by atoms with Crippen molar-refractivity contribution in [2.75, 3.05) is 0 Å². The van der Waals surface area contributed by atoms with Gasteiger partial charge in [-0.3, -0.25) is 4.79 Å². The Labute approximate surface area is 129 Å². The molecule has 19 heavy (non-hydrogen) atoms. The number of nitrogens with one attached hydrogen (secondary N) is 1. The molecule has 2 aromatic rings. The molecule has 1 aromatic carbocycles. The van der Waals surface area contributed by atoms with Crippen LogP contribution in [0.5, 0.6) is 0 Å². The molecule has 1 amide bonds. The fraction of sp³-hybridized carbons (Fsp3) is 0.0833. The van der Waals surface area contributed by atoms with Crippen LogP contribution in [0.2, 0.25) is 0 Å². The van der Waals surface area contributed by atoms with Gasteiger partial charge in [0, 0.05) is 3.57 Å². The SMILES string of the molecule is O=C(Cc1ccc(I)cc1)NS(=O)(=O)c1cccs1. The van der Waals surface area contributed by atoms with Crippen LogP contribution in [0.15, 0.2) is 46.0 Å². The van der Waals surface area contributed by atoms with E-state index < -0.39 is 15.9 Å². The minimum atomic E-state index is -3.73. The van der Waals surface area contributed by atoms with E-state index in [4.69, 9.17) is 0 Å². The second kappa shape index (κ2) is 6.02. The molecule has 1 aromatic heterocycles. The van der Waals surface area contributed by atoms with Crippen molar-refractivity contribution >= 4 is 49.9 Å². The molecule has 1 heterocycles. The minimum Gasteiger partial charge on any atom is -0.274 e. The topological polar surface area (TPSA) is 63.2 Å². The first-order valence-electron chi connectivity index (χ1n) is 5.31. The fourth-order valence-electron chi connectivity index (χ4n) is 1.44. The lowest BCUT2D eigenvalue weighted by atomic mass is 10.1. The van der Waals surface area contributed by atoms with Crippen molar-refractivity contribution in [3.63, 3.8) is 0 Å². The Kier molecular flexibility index (Phi) is 4.58. The molecule has 0 radical (unpaired) electrons. The number of rotatable bonds is 4. The van der Waals surface area contributed by atoms with Gasteiger partial charge >= 0.3 is 0 Å². The highest BCUT2D eigenvalue weighted by Gasteiger charge is 2.18. The number of amides is 1. The molecule has 100 valence electrons. The van der Waals surface area contributed by atoms with Gasteiger partial charge in [0.1, 0.15) is 4.21 Å². The third-order valence-corrected chi connectivity index (χ3v) is 5.78. The van der Waals surface area contributed by atoms with Gasteiger partial charge in [0.15, 0.2) is 0 Å². The number of carbonyl (C=O) groups excluding carboxylic acids is 1. The van der Waals surface area contributed by atoms with E-state index in [2.05, 4.69) is 27.3 Å². The Balaban J connectivity index is 2.04. The Morgan fingerprint density at radius 2 is 1.89 bits per heavy atom. The maximum atomic E-state index is 11.8. The highest BCUT2D eigenvalue weighted by atomic mass is 127. The van der Waals surface area contributed by atoms with Crippen LogP contribution in [0.3, 0.4) is 0 Å². The molecule has 7 heteroatoms. The van der Waals surface area contributed by atoms with Gasteiger partial charge in [0.25, 0.3) is 10.0 Å². The van der Waals surface area contributed by atoms with Crippen LogP contribution >= 0.6 is 33.9 Å². The number of hydrogen-bond donors (Lipinski definition) is 1. The number of sulfonamides is 1. The van der Waals surface area contributed by atoms with Crippen molar-refractivity contribution in [2.24, 2.45) is 0 Å². The second-order valence-corrected chi connectivity index (χ2v) is 7.87. The van der Waals surface area contributed by atoms with Gasteiger partial charge in [-0.15, -0.1) is 11.3 Å². The summed E-state index contributed by atoms with van der Waals surface area (Å²) >= 11 is 3.24. The molecule has 0 aliphatic carbocycles. The molecular formula is C12H10INO3S2. The van der Waals surface area contributed by atoms with Crippen LogP contribution in [0.1, 0.15) is 5.56 Å². The van der Waals surface area contributed by atoms with Crippen molar-refractivity contribution in [1.29, 1.82) is 0 Å². The smallest absolute Gasteiger partial charge is 0.273 e. The van der Waals surface area contributed by atoms with E-state index >= 15 is 0 Å². The summed E-state index contributed by atoms with van der Waals surface area (Å²) < 4.78 is 26.9. The van der Waals surface area contributed by atoms with E-state index in [0.29, 0.717) is 0 Å². The Hall–Kier alpha value is -0.930. The summed E-state index contributed by atoms with van der Waals surface area (Å²) in [6.07, 6.45) is 0.0432. The van der Waals surface area contributed by atoms with Gasteiger partial charge < -0.3 is 0 Å². The van der Waals surface area contributed by atoms with Crippen LogP contribution < -0.4 is 4.72 Å². The molecule has 2 rings (SSSR count). The van der Waals surface area contributed by atoms with Crippen LogP contribution in [-0.2, 0) is 21.2 Å². The molecule has 4 nitrogen and oxygen atoms in total. The molecular weight excluding hydrogens is 397 g/mol. The third-order valence-electron chi connectivity index (χ3n) is 2.29. The van der Waals surface area contributed by atoms with Crippen molar-refractivity contribution in [1.82, 2.24) is 4.72 Å². The lowest BCUT2D eigenvalue weighted by Crippen LogP contribution is -2.31. The van der Waals surface area contributed by atoms with E-state index in [1.807, 2.05) is 12.1 Å². The monoisotopic (exact) mass is 407 g/mol. The van der Waals surface area contributed by atoms with Crippen molar-refractivity contribution in [3.8, 4) is 0 Å². The van der Waals surface area contributed by atoms with Crippen LogP contribution in [-0.4, -0.2) is 14.3 Å². The molecule has 0 aliphatic rings. The predicted octanol–water partition coefficient (Wildman–Crippen LogP) is 2.40. The van der Waals surface area contributed by atoms with Gasteiger partial charge in [-0.05, 0) is 51.7 Å². The zero-order valence-corrected chi connectivity index (χ0v) is 13.5.